The summed E-state index contributed by atoms with van der Waals surface area (Å²) in [6, 6.07) is 3.96. The van der Waals surface area contributed by atoms with Gasteiger partial charge in [-0.3, -0.25) is 28.9 Å². The normalized spacial score (nSPS) is 16.2. The maximum Gasteiger partial charge on any atom is 0.409 e. The average molecular weight is 939 g/mol. The highest BCUT2D eigenvalue weighted by Gasteiger charge is 2.29. The minimum atomic E-state index is -1.04. The lowest BCUT2D eigenvalue weighted by Crippen LogP contribution is -2.54. The van der Waals surface area contributed by atoms with Gasteiger partial charge in [-0.2, -0.15) is 0 Å². The molecule has 6 N–H and O–H groups in total. The molecule has 3 rings (SSSR count). The fraction of sp³-hybridized carbons (Fsp3) is 0.673. The second-order valence-corrected chi connectivity index (χ2v) is 18.2. The maximum absolute atomic E-state index is 13.6. The fourth-order valence-electron chi connectivity index (χ4n) is 7.87. The molecular weight excluding hydrogens is 861 g/mol. The van der Waals surface area contributed by atoms with Crippen molar-refractivity contribution in [1.82, 2.24) is 30.7 Å². The first kappa shape index (κ1) is 55.6. The van der Waals surface area contributed by atoms with Crippen LogP contribution in [0.3, 0.4) is 0 Å². The van der Waals surface area contributed by atoms with Crippen molar-refractivity contribution in [3.8, 4) is 0 Å². The van der Waals surface area contributed by atoms with E-state index < -0.39 is 36.0 Å². The summed E-state index contributed by atoms with van der Waals surface area (Å²) in [5, 5.41) is 10.8. The van der Waals surface area contributed by atoms with Crippen LogP contribution in [0.15, 0.2) is 36.4 Å². The highest BCUT2D eigenvalue weighted by molar-refractivity contribution is 6.12. The molecule has 9 amide bonds. The summed E-state index contributed by atoms with van der Waals surface area (Å²) in [7, 11) is 3.27. The number of imide groups is 1. The highest BCUT2D eigenvalue weighted by atomic mass is 16.6. The van der Waals surface area contributed by atoms with Crippen LogP contribution in [0.4, 0.5) is 20.1 Å². The Hall–Kier alpha value is -5.68. The molecule has 18 nitrogen and oxygen atoms in total. The second-order valence-electron chi connectivity index (χ2n) is 18.2. The third-order valence-corrected chi connectivity index (χ3v) is 12.1. The fourth-order valence-corrected chi connectivity index (χ4v) is 7.87. The number of rotatable bonds is 22. The van der Waals surface area contributed by atoms with Crippen molar-refractivity contribution in [1.29, 1.82) is 0 Å². The van der Waals surface area contributed by atoms with Gasteiger partial charge < -0.3 is 46.3 Å². The molecule has 1 aromatic carbocycles. The van der Waals surface area contributed by atoms with Gasteiger partial charge in [0.15, 0.2) is 0 Å². The van der Waals surface area contributed by atoms with Crippen molar-refractivity contribution in [3.05, 3.63) is 42.0 Å². The van der Waals surface area contributed by atoms with E-state index in [0.29, 0.717) is 36.9 Å². The summed E-state index contributed by atoms with van der Waals surface area (Å²) < 4.78 is 11.5. The zero-order chi connectivity index (χ0) is 49.0. The van der Waals surface area contributed by atoms with E-state index in [0.717, 1.165) is 43.4 Å². The van der Waals surface area contributed by atoms with Gasteiger partial charge in [-0.1, -0.05) is 96.6 Å². The molecule has 0 spiro atoms. The van der Waals surface area contributed by atoms with Crippen LogP contribution in [0.5, 0.6) is 0 Å². The predicted molar refractivity (Wildman–Crippen MR) is 255 cm³/mol. The number of primary amides is 1. The van der Waals surface area contributed by atoms with E-state index in [1.807, 2.05) is 0 Å². The summed E-state index contributed by atoms with van der Waals surface area (Å²) in [6.07, 6.45) is 20.0. The summed E-state index contributed by atoms with van der Waals surface area (Å²) in [5.74, 6) is -2.45. The number of carbonyl (C=O) groups excluding carboxylic acids is 8. The van der Waals surface area contributed by atoms with E-state index >= 15 is 0 Å². The zero-order valence-electron chi connectivity index (χ0n) is 40.5. The van der Waals surface area contributed by atoms with E-state index in [2.05, 4.69) is 21.3 Å². The topological polar surface area (TPSA) is 239 Å². The number of benzene rings is 1. The SMILES string of the molecule is CC(C)[C@H](NC(=O)CCCCCN1C(=O)C=CC1=O)C(=O)N[C@@H](CCCNC(N)=O)C(=O)Nc1ccc(COC(=O)N(C)CCN(C)C(=O)OC2CCCCCCCCCCCCCC2)cc1. The molecule has 18 heteroatoms. The largest absolute Gasteiger partial charge is 0.446 e. The smallest absolute Gasteiger partial charge is 0.409 e. The van der Waals surface area contributed by atoms with Gasteiger partial charge in [-0.15, -0.1) is 0 Å². The average Bonchev–Trinajstić information content (AvgIpc) is 3.61. The Kier molecular flexibility index (Phi) is 26.0. The Morgan fingerprint density at radius 2 is 1.27 bits per heavy atom. The molecule has 1 fully saturated rings. The number of likely N-dealkylation sites (N-methyl/N-ethyl adjacent to an activating group) is 2. The third-order valence-electron chi connectivity index (χ3n) is 12.1. The third kappa shape index (κ3) is 22.6. The van der Waals surface area contributed by atoms with Crippen LogP contribution in [0.25, 0.3) is 0 Å². The number of hydrogen-bond donors (Lipinski definition) is 5. The zero-order valence-corrected chi connectivity index (χ0v) is 40.5. The Labute approximate surface area is 397 Å². The van der Waals surface area contributed by atoms with Gasteiger partial charge >= 0.3 is 18.2 Å². The minimum Gasteiger partial charge on any atom is -0.446 e. The molecule has 0 radical (unpaired) electrons. The molecule has 0 aromatic heterocycles. The Morgan fingerprint density at radius 3 is 1.82 bits per heavy atom. The van der Waals surface area contributed by atoms with Gasteiger partial charge in [0.1, 0.15) is 24.8 Å². The first-order chi connectivity index (χ1) is 32.1. The molecule has 1 aromatic rings. The standard InChI is InChI=1S/C49H78N8O10/c1-36(2)44(54-41(58)24-18-15-19-32-57-42(59)29-30-43(57)60)46(62)53-40(23-20-31-51-47(50)63)45(61)52-38-27-25-37(26-28-38)35-66-48(64)55(3)33-34-56(4)49(65)67-39-21-16-13-11-9-7-5-6-8-10-12-14-17-22-39/h25-30,36,39-40,44H,5-24,31-35H2,1-4H3,(H,52,61)(H,53,62)(H,54,58)(H3,50,51,63)/t40-,44-/m0/s1. The highest BCUT2D eigenvalue weighted by Crippen LogP contribution is 2.20. The number of urea groups is 1. The molecule has 1 heterocycles. The van der Waals surface area contributed by atoms with E-state index in [9.17, 15) is 38.4 Å². The number of unbranched alkanes of at least 4 members (excludes halogenated alkanes) is 2. The Balaban J connectivity index is 1.46. The summed E-state index contributed by atoms with van der Waals surface area (Å²) in [4.78, 5) is 105. The number of hydrogen-bond acceptors (Lipinski definition) is 10. The van der Waals surface area contributed by atoms with Crippen molar-refractivity contribution in [3.63, 3.8) is 0 Å². The van der Waals surface area contributed by atoms with Crippen LogP contribution in [0, 0.1) is 5.92 Å². The van der Waals surface area contributed by atoms with Gasteiger partial charge in [0, 0.05) is 64.5 Å². The van der Waals surface area contributed by atoms with Crippen LogP contribution in [-0.2, 0) is 40.1 Å². The summed E-state index contributed by atoms with van der Waals surface area (Å²) >= 11 is 0. The first-order valence-corrected chi connectivity index (χ1v) is 24.5. The molecule has 1 aliphatic heterocycles. The quantitative estimate of drug-likeness (QED) is 0.0612. The molecular formula is C49H78N8O10. The molecule has 2 atom stereocenters. The Bertz CT molecular complexity index is 1740. The van der Waals surface area contributed by atoms with E-state index in [1.165, 1.54) is 73.3 Å². The van der Waals surface area contributed by atoms with E-state index in [1.54, 1.807) is 52.2 Å². The lowest BCUT2D eigenvalue weighted by atomic mass is 10.0. The van der Waals surface area contributed by atoms with Crippen LogP contribution in [-0.4, -0.2) is 121 Å². The van der Waals surface area contributed by atoms with Gasteiger partial charge in [-0.25, -0.2) is 14.4 Å². The predicted octanol–water partition coefficient (Wildman–Crippen LogP) is 6.67. The van der Waals surface area contributed by atoms with Crippen LogP contribution < -0.4 is 27.0 Å². The number of carbonyl (C=O) groups is 8. The summed E-state index contributed by atoms with van der Waals surface area (Å²) in [6.45, 7) is 4.45. The molecule has 2 aliphatic rings. The molecule has 0 saturated heterocycles. The summed E-state index contributed by atoms with van der Waals surface area (Å²) in [5.41, 5.74) is 6.28. The van der Waals surface area contributed by atoms with Gasteiger partial charge in [0.25, 0.3) is 11.8 Å². The molecule has 0 bridgehead atoms. The number of nitrogens with zero attached hydrogens (tertiary/aromatic N) is 3. The van der Waals surface area contributed by atoms with Crippen molar-refractivity contribution in [2.45, 2.75) is 167 Å². The second kappa shape index (κ2) is 31.3. The molecule has 0 unspecified atom stereocenters. The van der Waals surface area contributed by atoms with Crippen LogP contribution in [0.1, 0.15) is 148 Å². The first-order valence-electron chi connectivity index (χ1n) is 24.5. The minimum absolute atomic E-state index is 0.0385. The van der Waals surface area contributed by atoms with Crippen molar-refractivity contribution in [2.75, 3.05) is 45.6 Å². The van der Waals surface area contributed by atoms with Crippen LogP contribution in [0.2, 0.25) is 0 Å². The Morgan fingerprint density at radius 1 is 0.716 bits per heavy atom. The molecule has 374 valence electrons. The number of anilines is 1. The molecule has 67 heavy (non-hydrogen) atoms. The number of ether oxygens (including phenoxy) is 2. The monoisotopic (exact) mass is 939 g/mol. The van der Waals surface area contributed by atoms with Crippen molar-refractivity contribution < 1.29 is 47.8 Å². The lowest BCUT2D eigenvalue weighted by Gasteiger charge is -2.25. The molecule has 1 saturated carbocycles. The van der Waals surface area contributed by atoms with Gasteiger partial charge in [0.2, 0.25) is 17.7 Å². The number of amides is 9. The number of nitrogens with one attached hydrogen (secondary N) is 4. The molecule has 1 aliphatic carbocycles. The van der Waals surface area contributed by atoms with E-state index in [4.69, 9.17) is 15.2 Å². The van der Waals surface area contributed by atoms with Gasteiger partial charge in [0.05, 0.1) is 0 Å². The van der Waals surface area contributed by atoms with Crippen molar-refractivity contribution >= 4 is 53.4 Å². The van der Waals surface area contributed by atoms with E-state index in [-0.39, 0.29) is 81.5 Å². The lowest BCUT2D eigenvalue weighted by molar-refractivity contribution is -0.137. The van der Waals surface area contributed by atoms with Crippen molar-refractivity contribution in [2.24, 2.45) is 11.7 Å². The van der Waals surface area contributed by atoms with Gasteiger partial charge in [-0.05, 0) is 75.0 Å². The maximum atomic E-state index is 13.6. The number of nitrogens with two attached hydrogens (primary N) is 1. The van der Waals surface area contributed by atoms with Crippen LogP contribution >= 0.6 is 0 Å².